The number of carboxylic acid groups (broad SMARTS) is 1. The largest absolute Gasteiger partial charge is 0.480 e. The predicted molar refractivity (Wildman–Crippen MR) is 69.3 cm³/mol. The molecular formula is C13H24N2O3. The van der Waals surface area contributed by atoms with E-state index in [1.54, 1.807) is 14.0 Å². The summed E-state index contributed by atoms with van der Waals surface area (Å²) in [6.45, 7) is 3.85. The van der Waals surface area contributed by atoms with Crippen LogP contribution in [0.15, 0.2) is 0 Å². The van der Waals surface area contributed by atoms with Gasteiger partial charge in [-0.2, -0.15) is 0 Å². The second-order valence-electron chi connectivity index (χ2n) is 5.24. The van der Waals surface area contributed by atoms with E-state index in [0.29, 0.717) is 18.8 Å². The summed E-state index contributed by atoms with van der Waals surface area (Å²) < 4.78 is 0. The fourth-order valence-corrected chi connectivity index (χ4v) is 2.45. The summed E-state index contributed by atoms with van der Waals surface area (Å²) in [6, 6.07) is -0.370. The third kappa shape index (κ3) is 3.22. The number of carbonyl (C=O) groups excluding carboxylic acids is 1. The second kappa shape index (κ2) is 6.18. The van der Waals surface area contributed by atoms with E-state index in [0.717, 1.165) is 19.3 Å². The van der Waals surface area contributed by atoms with E-state index in [9.17, 15) is 14.7 Å². The van der Waals surface area contributed by atoms with E-state index < -0.39 is 11.5 Å². The van der Waals surface area contributed by atoms with E-state index in [4.69, 9.17) is 0 Å². The van der Waals surface area contributed by atoms with E-state index in [-0.39, 0.29) is 11.9 Å². The summed E-state index contributed by atoms with van der Waals surface area (Å²) in [5, 5.41) is 15.0. The van der Waals surface area contributed by atoms with Crippen LogP contribution in [0.1, 0.15) is 46.0 Å². The first-order chi connectivity index (χ1) is 8.45. The van der Waals surface area contributed by atoms with Crippen molar-refractivity contribution in [1.82, 2.24) is 10.6 Å². The molecule has 1 amide bonds. The summed E-state index contributed by atoms with van der Waals surface area (Å²) in [6.07, 6.45) is 3.89. The van der Waals surface area contributed by atoms with Crippen LogP contribution in [0.2, 0.25) is 0 Å². The van der Waals surface area contributed by atoms with E-state index in [2.05, 4.69) is 17.6 Å². The molecule has 0 spiro atoms. The van der Waals surface area contributed by atoms with Crippen molar-refractivity contribution in [3.8, 4) is 0 Å². The second-order valence-corrected chi connectivity index (χ2v) is 5.24. The number of rotatable bonds is 5. The van der Waals surface area contributed by atoms with Crippen molar-refractivity contribution in [2.45, 2.75) is 57.5 Å². The van der Waals surface area contributed by atoms with Gasteiger partial charge in [-0.05, 0) is 45.6 Å². The number of aliphatic carboxylic acids is 1. The standard InChI is InChI=1S/C13H24N2O3/c1-4-10-5-7-13(8-6-10,12(17)18)15-11(16)9(2)14-3/h9-10,14H,4-8H2,1-3H3,(H,15,16)(H,17,18). The van der Waals surface area contributed by atoms with Crippen LogP contribution in [0.5, 0.6) is 0 Å². The van der Waals surface area contributed by atoms with Gasteiger partial charge >= 0.3 is 5.97 Å². The van der Waals surface area contributed by atoms with Crippen molar-refractivity contribution in [2.75, 3.05) is 7.05 Å². The highest BCUT2D eigenvalue weighted by molar-refractivity contribution is 5.89. The third-order valence-corrected chi connectivity index (χ3v) is 4.13. The third-order valence-electron chi connectivity index (χ3n) is 4.13. The number of hydrogen-bond acceptors (Lipinski definition) is 3. The molecule has 0 aromatic carbocycles. The van der Waals surface area contributed by atoms with E-state index in [1.807, 2.05) is 0 Å². The van der Waals surface area contributed by atoms with Gasteiger partial charge in [-0.25, -0.2) is 4.79 Å². The number of likely N-dealkylation sites (N-methyl/N-ethyl adjacent to an activating group) is 1. The first-order valence-corrected chi connectivity index (χ1v) is 6.68. The number of amides is 1. The Morgan fingerprint density at radius 1 is 1.39 bits per heavy atom. The monoisotopic (exact) mass is 256 g/mol. The van der Waals surface area contributed by atoms with Gasteiger partial charge in [0.1, 0.15) is 5.54 Å². The highest BCUT2D eigenvalue weighted by Crippen LogP contribution is 2.34. The topological polar surface area (TPSA) is 78.4 Å². The van der Waals surface area contributed by atoms with Crippen LogP contribution < -0.4 is 10.6 Å². The summed E-state index contributed by atoms with van der Waals surface area (Å²) in [5.41, 5.74) is -1.06. The molecule has 5 nitrogen and oxygen atoms in total. The first kappa shape index (κ1) is 15.0. The zero-order valence-electron chi connectivity index (χ0n) is 11.5. The molecule has 1 rings (SSSR count). The Labute approximate surface area is 108 Å². The zero-order valence-corrected chi connectivity index (χ0v) is 11.5. The summed E-state index contributed by atoms with van der Waals surface area (Å²) >= 11 is 0. The van der Waals surface area contributed by atoms with Crippen LogP contribution >= 0.6 is 0 Å². The van der Waals surface area contributed by atoms with Crippen molar-refractivity contribution in [1.29, 1.82) is 0 Å². The van der Waals surface area contributed by atoms with Crippen LogP contribution in [0.3, 0.4) is 0 Å². The highest BCUT2D eigenvalue weighted by Gasteiger charge is 2.43. The molecule has 3 N–H and O–H groups in total. The normalized spacial score (nSPS) is 29.6. The van der Waals surface area contributed by atoms with E-state index in [1.165, 1.54) is 0 Å². The Balaban J connectivity index is 2.71. The molecule has 1 atom stereocenters. The van der Waals surface area contributed by atoms with Gasteiger partial charge in [0.25, 0.3) is 0 Å². The van der Waals surface area contributed by atoms with Gasteiger partial charge in [0, 0.05) is 0 Å². The minimum atomic E-state index is -1.06. The Bertz CT molecular complexity index is 309. The molecule has 1 saturated carbocycles. The number of nitrogens with one attached hydrogen (secondary N) is 2. The molecule has 1 unspecified atom stereocenters. The molecule has 0 bridgehead atoms. The molecule has 0 saturated heterocycles. The van der Waals surface area contributed by atoms with Gasteiger partial charge in [0.15, 0.2) is 0 Å². The molecule has 0 aromatic heterocycles. The predicted octanol–water partition coefficient (Wildman–Crippen LogP) is 1.13. The van der Waals surface area contributed by atoms with Gasteiger partial charge in [-0.15, -0.1) is 0 Å². The molecule has 5 heteroatoms. The first-order valence-electron chi connectivity index (χ1n) is 6.68. The fourth-order valence-electron chi connectivity index (χ4n) is 2.45. The molecule has 0 radical (unpaired) electrons. The lowest BCUT2D eigenvalue weighted by Gasteiger charge is -2.37. The summed E-state index contributed by atoms with van der Waals surface area (Å²) in [5.74, 6) is -0.556. The van der Waals surface area contributed by atoms with Crippen LogP contribution in [0.25, 0.3) is 0 Å². The smallest absolute Gasteiger partial charge is 0.329 e. The van der Waals surface area contributed by atoms with E-state index >= 15 is 0 Å². The van der Waals surface area contributed by atoms with Crippen molar-refractivity contribution in [3.05, 3.63) is 0 Å². The maximum atomic E-state index is 11.9. The minimum absolute atomic E-state index is 0.241. The van der Waals surface area contributed by atoms with Gasteiger partial charge in [0.2, 0.25) is 5.91 Å². The molecule has 1 aliphatic carbocycles. The molecule has 1 fully saturated rings. The highest BCUT2D eigenvalue weighted by atomic mass is 16.4. The van der Waals surface area contributed by atoms with Gasteiger partial charge in [-0.3, -0.25) is 4.79 Å². The number of carbonyl (C=O) groups is 2. The van der Waals surface area contributed by atoms with Crippen LogP contribution in [-0.4, -0.2) is 35.6 Å². The van der Waals surface area contributed by atoms with Crippen molar-refractivity contribution in [2.24, 2.45) is 5.92 Å². The lowest BCUT2D eigenvalue weighted by molar-refractivity contribution is -0.150. The van der Waals surface area contributed by atoms with Crippen molar-refractivity contribution < 1.29 is 14.7 Å². The molecule has 0 aliphatic heterocycles. The van der Waals surface area contributed by atoms with Crippen LogP contribution in [0, 0.1) is 5.92 Å². The SMILES string of the molecule is CCC1CCC(NC(=O)C(C)NC)(C(=O)O)CC1. The average molecular weight is 256 g/mol. The molecule has 0 heterocycles. The number of hydrogen-bond donors (Lipinski definition) is 3. The maximum absolute atomic E-state index is 11.9. The Morgan fingerprint density at radius 3 is 2.33 bits per heavy atom. The molecule has 104 valence electrons. The molecular weight excluding hydrogens is 232 g/mol. The van der Waals surface area contributed by atoms with Gasteiger partial charge in [0.05, 0.1) is 6.04 Å². The van der Waals surface area contributed by atoms with Gasteiger partial charge < -0.3 is 15.7 Å². The lowest BCUT2D eigenvalue weighted by Crippen LogP contribution is -2.59. The summed E-state index contributed by atoms with van der Waals surface area (Å²) in [7, 11) is 1.69. The molecule has 0 aromatic rings. The quantitative estimate of drug-likeness (QED) is 0.689. The Morgan fingerprint density at radius 2 is 1.94 bits per heavy atom. The van der Waals surface area contributed by atoms with Gasteiger partial charge in [-0.1, -0.05) is 13.3 Å². The Kier molecular flexibility index (Phi) is 5.14. The van der Waals surface area contributed by atoms with Crippen molar-refractivity contribution in [3.63, 3.8) is 0 Å². The van der Waals surface area contributed by atoms with Crippen molar-refractivity contribution >= 4 is 11.9 Å². The van der Waals surface area contributed by atoms with Crippen LogP contribution in [-0.2, 0) is 9.59 Å². The Hall–Kier alpha value is -1.10. The molecule has 1 aliphatic rings. The summed E-state index contributed by atoms with van der Waals surface area (Å²) in [4.78, 5) is 23.3. The fraction of sp³-hybridized carbons (Fsp3) is 0.846. The average Bonchev–Trinajstić information content (AvgIpc) is 2.38. The van der Waals surface area contributed by atoms with Crippen LogP contribution in [0.4, 0.5) is 0 Å². The lowest BCUT2D eigenvalue weighted by atomic mass is 9.75. The maximum Gasteiger partial charge on any atom is 0.329 e. The molecule has 18 heavy (non-hydrogen) atoms. The minimum Gasteiger partial charge on any atom is -0.480 e. The number of carboxylic acids is 1. The zero-order chi connectivity index (χ0) is 13.8.